The van der Waals surface area contributed by atoms with Crippen LogP contribution >= 0.6 is 10.8 Å². The summed E-state index contributed by atoms with van der Waals surface area (Å²) in [6.07, 6.45) is 0.980. The Morgan fingerprint density at radius 3 is 1.96 bits per heavy atom. The van der Waals surface area contributed by atoms with E-state index in [0.717, 1.165) is 22.6 Å². The molecule has 5 nitrogen and oxygen atoms in total. The average molecular weight is 429 g/mol. The molecule has 8 heteroatoms. The second-order valence-electron chi connectivity index (χ2n) is 7.50. The summed E-state index contributed by atoms with van der Waals surface area (Å²) in [6, 6.07) is 9.96. The van der Waals surface area contributed by atoms with Crippen LogP contribution in [0.15, 0.2) is 46.2 Å². The smallest absolute Gasteiger partial charge is 0.306 e. The van der Waals surface area contributed by atoms with Gasteiger partial charge in [0, 0.05) is 15.7 Å². The van der Waals surface area contributed by atoms with Crippen LogP contribution in [-0.2, 0) is 24.4 Å². The number of hydrogen-bond donors (Lipinski definition) is 0. The lowest BCUT2D eigenvalue weighted by atomic mass is 9.86. The van der Waals surface area contributed by atoms with Crippen molar-refractivity contribution in [1.29, 1.82) is 0 Å². The van der Waals surface area contributed by atoms with Crippen molar-refractivity contribution in [1.82, 2.24) is 0 Å². The lowest BCUT2D eigenvalue weighted by molar-refractivity contribution is 0.487. The van der Waals surface area contributed by atoms with E-state index >= 15 is 0 Å². The molecule has 2 aromatic carbocycles. The Morgan fingerprint density at radius 2 is 1.48 bits per heavy atom. The molecule has 0 atom stereocenters. The van der Waals surface area contributed by atoms with Crippen molar-refractivity contribution in [2.24, 2.45) is 0 Å². The molecule has 0 aliphatic rings. The molecule has 0 aromatic heterocycles. The number of rotatable bonds is 5. The highest BCUT2D eigenvalue weighted by molar-refractivity contribution is 8.72. The fraction of sp³-hybridized carbons (Fsp3) is 0.368. The van der Waals surface area contributed by atoms with Crippen LogP contribution in [0, 0.1) is 13.8 Å². The molecular weight excluding hydrogens is 404 g/mol. The highest BCUT2D eigenvalue weighted by Gasteiger charge is 2.26. The molecule has 0 unspecified atom stereocenters. The Kier molecular flexibility index (Phi) is 6.04. The first-order valence-electron chi connectivity index (χ1n) is 8.25. The Labute approximate surface area is 165 Å². The fourth-order valence-corrected chi connectivity index (χ4v) is 6.17. The Bertz CT molecular complexity index is 1050. The standard InChI is InChI=1S/C19H24O5S3/c1-13-7-9-15(10-8-13)27(22,23)25-18-11-14(2)17(24-26(6,20)21)12-16(18)19(3,4)5/h7-12H,1-6H3. The van der Waals surface area contributed by atoms with E-state index in [9.17, 15) is 16.8 Å². The van der Waals surface area contributed by atoms with Gasteiger partial charge in [0.05, 0.1) is 11.2 Å². The lowest BCUT2D eigenvalue weighted by Gasteiger charge is -2.24. The lowest BCUT2D eigenvalue weighted by Crippen LogP contribution is -2.15. The molecule has 27 heavy (non-hydrogen) atoms. The molecular formula is C19H24O5S3. The quantitative estimate of drug-likeness (QED) is 0.518. The van der Waals surface area contributed by atoms with Crippen LogP contribution in [0.2, 0.25) is 0 Å². The molecule has 0 saturated carbocycles. The Hall–Kier alpha value is -1.51. The normalized spacial score (nSPS) is 12.8. The predicted molar refractivity (Wildman–Crippen MR) is 110 cm³/mol. The van der Waals surface area contributed by atoms with E-state index in [4.69, 9.17) is 4.18 Å². The van der Waals surface area contributed by atoms with Crippen LogP contribution < -0.4 is 4.18 Å². The first kappa shape index (κ1) is 21.8. The zero-order chi connectivity index (χ0) is 20.6. The maximum absolute atomic E-state index is 12.9. The van der Waals surface area contributed by atoms with Crippen molar-refractivity contribution in [3.8, 4) is 5.75 Å². The number of benzene rings is 2. The van der Waals surface area contributed by atoms with Crippen LogP contribution in [0.4, 0.5) is 0 Å². The van der Waals surface area contributed by atoms with Gasteiger partial charge in [0.15, 0.2) is 0 Å². The maximum atomic E-state index is 12.9. The molecule has 0 bridgehead atoms. The van der Waals surface area contributed by atoms with Crippen molar-refractivity contribution in [3.63, 3.8) is 0 Å². The van der Waals surface area contributed by atoms with Gasteiger partial charge < -0.3 is 4.18 Å². The monoisotopic (exact) mass is 428 g/mol. The van der Waals surface area contributed by atoms with E-state index in [0.29, 0.717) is 16.0 Å². The van der Waals surface area contributed by atoms with E-state index in [1.807, 2.05) is 27.7 Å². The summed E-state index contributed by atoms with van der Waals surface area (Å²) >= 11 is 0. The molecule has 0 amide bonds. The van der Waals surface area contributed by atoms with Crippen LogP contribution in [0.25, 0.3) is 0 Å². The molecule has 0 saturated heterocycles. The van der Waals surface area contributed by atoms with Gasteiger partial charge in [-0.2, -0.15) is 8.42 Å². The number of hydrogen-bond acceptors (Lipinski definition) is 6. The van der Waals surface area contributed by atoms with Crippen molar-refractivity contribution in [2.75, 3.05) is 6.26 Å². The third-order valence-electron chi connectivity index (χ3n) is 3.84. The van der Waals surface area contributed by atoms with Crippen LogP contribution in [-0.4, -0.2) is 23.1 Å². The fourth-order valence-electron chi connectivity index (χ4n) is 2.44. The first-order valence-corrected chi connectivity index (χ1v) is 12.9. The largest absolute Gasteiger partial charge is 0.382 e. The molecule has 0 radical (unpaired) electrons. The minimum Gasteiger partial charge on any atom is -0.382 e. The van der Waals surface area contributed by atoms with Gasteiger partial charge in [0.25, 0.3) is 0 Å². The molecule has 0 spiro atoms. The van der Waals surface area contributed by atoms with E-state index in [1.165, 1.54) is 0 Å². The molecule has 0 heterocycles. The van der Waals surface area contributed by atoms with Gasteiger partial charge in [-0.25, -0.2) is 8.42 Å². The molecule has 2 rings (SSSR count). The molecule has 2 aromatic rings. The van der Waals surface area contributed by atoms with Crippen molar-refractivity contribution < 1.29 is 21.0 Å². The van der Waals surface area contributed by atoms with Gasteiger partial charge in [0.1, 0.15) is 5.75 Å². The van der Waals surface area contributed by atoms with Crippen LogP contribution in [0.1, 0.15) is 37.5 Å². The molecule has 0 aliphatic carbocycles. The van der Waals surface area contributed by atoms with E-state index in [-0.39, 0.29) is 10.6 Å². The van der Waals surface area contributed by atoms with E-state index in [1.54, 1.807) is 43.3 Å². The second kappa shape index (κ2) is 7.48. The molecule has 0 aliphatic heterocycles. The summed E-state index contributed by atoms with van der Waals surface area (Å²) in [4.78, 5) is 0.786. The summed E-state index contributed by atoms with van der Waals surface area (Å²) in [5.41, 5.74) is 1.82. The van der Waals surface area contributed by atoms with Crippen LogP contribution in [0.5, 0.6) is 5.75 Å². The maximum Gasteiger partial charge on any atom is 0.306 e. The third kappa shape index (κ3) is 5.73. The minimum absolute atomic E-state index is 0.208. The van der Waals surface area contributed by atoms with Gasteiger partial charge in [-0.1, -0.05) is 38.5 Å². The summed E-state index contributed by atoms with van der Waals surface area (Å²) in [6.45, 7) is 9.39. The van der Waals surface area contributed by atoms with Gasteiger partial charge in [-0.05, 0) is 54.7 Å². The number of aryl methyl sites for hydroxylation is 2. The summed E-state index contributed by atoms with van der Waals surface area (Å²) in [5.74, 6) is 0.208. The van der Waals surface area contributed by atoms with Crippen molar-refractivity contribution in [3.05, 3.63) is 53.1 Å². The van der Waals surface area contributed by atoms with Gasteiger partial charge in [0.2, 0.25) is 8.87 Å². The summed E-state index contributed by atoms with van der Waals surface area (Å²) in [5, 5.41) is 0. The minimum atomic E-state index is -3.68. The van der Waals surface area contributed by atoms with Gasteiger partial charge in [-0.3, -0.25) is 0 Å². The first-order chi connectivity index (χ1) is 12.2. The summed E-state index contributed by atoms with van der Waals surface area (Å²) < 4.78 is 53.8. The third-order valence-corrected chi connectivity index (χ3v) is 7.68. The highest BCUT2D eigenvalue weighted by atomic mass is 33.1. The summed E-state index contributed by atoms with van der Waals surface area (Å²) in [7, 11) is -6.54. The molecule has 148 valence electrons. The zero-order valence-corrected chi connectivity index (χ0v) is 18.7. The zero-order valence-electron chi connectivity index (χ0n) is 16.2. The molecule has 0 fully saturated rings. The molecule has 0 N–H and O–H groups in total. The van der Waals surface area contributed by atoms with Gasteiger partial charge in [-0.15, -0.1) is 0 Å². The topological polar surface area (TPSA) is 77.5 Å². The van der Waals surface area contributed by atoms with Crippen LogP contribution in [0.3, 0.4) is 0 Å². The Balaban J connectivity index is 2.55. The highest BCUT2D eigenvalue weighted by Crippen LogP contribution is 2.41. The SMILES string of the molecule is Cc1ccc(S(=O)(=O)Sc2cc(C)c(OS(C)(=O)=O)cc2C(C)(C)C)cc1. The van der Waals surface area contributed by atoms with E-state index in [2.05, 4.69) is 0 Å². The van der Waals surface area contributed by atoms with Crippen molar-refractivity contribution in [2.45, 2.75) is 49.8 Å². The Morgan fingerprint density at radius 1 is 0.926 bits per heavy atom. The van der Waals surface area contributed by atoms with Crippen molar-refractivity contribution >= 4 is 29.8 Å². The second-order valence-corrected chi connectivity index (χ2v) is 12.9. The average Bonchev–Trinajstić information content (AvgIpc) is 2.47. The van der Waals surface area contributed by atoms with Gasteiger partial charge >= 0.3 is 10.1 Å². The predicted octanol–water partition coefficient (Wildman–Crippen LogP) is 4.42. The van der Waals surface area contributed by atoms with E-state index < -0.39 is 24.4 Å².